The fourth-order valence-electron chi connectivity index (χ4n) is 3.72. The molecule has 0 bridgehead atoms. The van der Waals surface area contributed by atoms with Gasteiger partial charge in [-0.25, -0.2) is 4.98 Å². The first-order chi connectivity index (χ1) is 11.7. The van der Waals surface area contributed by atoms with Gasteiger partial charge in [-0.05, 0) is 62.9 Å². The molecule has 0 atom stereocenters. The van der Waals surface area contributed by atoms with E-state index in [1.807, 2.05) is 17.4 Å². The normalized spacial score (nSPS) is 14.1. The van der Waals surface area contributed by atoms with Gasteiger partial charge in [0.05, 0.1) is 18.5 Å². The molecule has 2 aromatic heterocycles. The van der Waals surface area contributed by atoms with Gasteiger partial charge in [-0.2, -0.15) is 0 Å². The molecule has 1 aliphatic rings. The van der Waals surface area contributed by atoms with Gasteiger partial charge in [0, 0.05) is 22.6 Å². The smallest absolute Gasteiger partial charge is 0.194 e. The van der Waals surface area contributed by atoms with Crippen molar-refractivity contribution in [3.63, 3.8) is 0 Å². The lowest BCUT2D eigenvalue weighted by Gasteiger charge is -2.13. The number of imidazole rings is 1. The van der Waals surface area contributed by atoms with E-state index in [1.54, 1.807) is 7.11 Å². The van der Waals surface area contributed by atoms with Gasteiger partial charge in [-0.3, -0.25) is 4.40 Å². The van der Waals surface area contributed by atoms with Crippen LogP contribution in [0.2, 0.25) is 0 Å². The van der Waals surface area contributed by atoms with E-state index >= 15 is 0 Å². The van der Waals surface area contributed by atoms with Crippen LogP contribution < -0.4 is 10.5 Å². The van der Waals surface area contributed by atoms with Crippen molar-refractivity contribution in [2.24, 2.45) is 5.73 Å². The minimum atomic E-state index is 0.639. The standard InChI is InChI=1S/C19H23N3OS/c1-12-11-13(7-8-16(12)23-2)18-15(9-10-20)22-14-5-3-4-6-17(14)24-19(22)21-18/h7-8,11H,3-6,9-10,20H2,1-2H3. The molecule has 2 heterocycles. The van der Waals surface area contributed by atoms with Crippen LogP contribution in [0.5, 0.6) is 5.75 Å². The Labute approximate surface area is 146 Å². The summed E-state index contributed by atoms with van der Waals surface area (Å²) in [7, 11) is 1.71. The maximum absolute atomic E-state index is 5.92. The highest BCUT2D eigenvalue weighted by Crippen LogP contribution is 2.36. The van der Waals surface area contributed by atoms with Gasteiger partial charge in [-0.1, -0.05) is 0 Å². The first kappa shape index (κ1) is 15.7. The molecule has 0 saturated heterocycles. The molecule has 126 valence electrons. The van der Waals surface area contributed by atoms with Crippen LogP contribution in [0.25, 0.3) is 16.2 Å². The van der Waals surface area contributed by atoms with Crippen LogP contribution in [0, 0.1) is 6.92 Å². The Bertz CT molecular complexity index is 894. The van der Waals surface area contributed by atoms with Crippen molar-refractivity contribution >= 4 is 16.3 Å². The number of thiazole rings is 1. The second-order valence-corrected chi connectivity index (χ2v) is 7.49. The zero-order chi connectivity index (χ0) is 16.7. The molecule has 0 spiro atoms. The van der Waals surface area contributed by atoms with Crippen molar-refractivity contribution in [3.05, 3.63) is 40.0 Å². The van der Waals surface area contributed by atoms with Crippen molar-refractivity contribution < 1.29 is 4.74 Å². The second kappa shape index (κ2) is 6.22. The lowest BCUT2D eigenvalue weighted by Crippen LogP contribution is -2.09. The highest BCUT2D eigenvalue weighted by molar-refractivity contribution is 7.17. The molecule has 1 aromatic carbocycles. The molecule has 4 rings (SSSR count). The number of ether oxygens (including phenoxy) is 1. The Hall–Kier alpha value is -1.85. The number of aryl methyl sites for hydroxylation is 3. The van der Waals surface area contributed by atoms with E-state index in [1.165, 1.54) is 35.5 Å². The Balaban J connectivity index is 1.90. The minimum Gasteiger partial charge on any atom is -0.496 e. The Morgan fingerprint density at radius 3 is 2.88 bits per heavy atom. The summed E-state index contributed by atoms with van der Waals surface area (Å²) in [6.07, 6.45) is 5.78. The molecule has 1 aliphatic carbocycles. The van der Waals surface area contributed by atoms with Crippen molar-refractivity contribution in [1.29, 1.82) is 0 Å². The van der Waals surface area contributed by atoms with E-state index < -0.39 is 0 Å². The third-order valence-corrected chi connectivity index (χ3v) is 6.01. The van der Waals surface area contributed by atoms with Gasteiger partial charge in [0.2, 0.25) is 0 Å². The second-order valence-electron chi connectivity index (χ2n) is 6.43. The predicted octanol–water partition coefficient (Wildman–Crippen LogP) is 3.76. The van der Waals surface area contributed by atoms with Gasteiger partial charge in [0.15, 0.2) is 4.96 Å². The van der Waals surface area contributed by atoms with Crippen molar-refractivity contribution in [1.82, 2.24) is 9.38 Å². The molecule has 0 radical (unpaired) electrons. The molecule has 4 nitrogen and oxygen atoms in total. The number of benzene rings is 1. The predicted molar refractivity (Wildman–Crippen MR) is 99.2 cm³/mol. The van der Waals surface area contributed by atoms with Crippen LogP contribution in [0.3, 0.4) is 0 Å². The van der Waals surface area contributed by atoms with E-state index in [4.69, 9.17) is 15.5 Å². The number of fused-ring (bicyclic) bond motifs is 3. The molecule has 24 heavy (non-hydrogen) atoms. The summed E-state index contributed by atoms with van der Waals surface area (Å²) in [5, 5.41) is 0. The summed E-state index contributed by atoms with van der Waals surface area (Å²) in [6.45, 7) is 2.71. The van der Waals surface area contributed by atoms with Gasteiger partial charge in [-0.15, -0.1) is 11.3 Å². The average molecular weight is 341 g/mol. The van der Waals surface area contributed by atoms with Crippen molar-refractivity contribution in [2.75, 3.05) is 13.7 Å². The summed E-state index contributed by atoms with van der Waals surface area (Å²) in [4.78, 5) is 7.62. The van der Waals surface area contributed by atoms with E-state index in [2.05, 4.69) is 23.5 Å². The molecule has 0 aliphatic heterocycles. The zero-order valence-electron chi connectivity index (χ0n) is 14.3. The molecule has 0 saturated carbocycles. The van der Waals surface area contributed by atoms with Crippen LogP contribution in [-0.4, -0.2) is 23.0 Å². The first-order valence-electron chi connectivity index (χ1n) is 8.60. The van der Waals surface area contributed by atoms with Crippen molar-refractivity contribution in [3.8, 4) is 17.0 Å². The number of rotatable bonds is 4. The molecule has 0 unspecified atom stereocenters. The summed E-state index contributed by atoms with van der Waals surface area (Å²) >= 11 is 1.85. The lowest BCUT2D eigenvalue weighted by molar-refractivity contribution is 0.412. The quantitative estimate of drug-likeness (QED) is 0.786. The maximum atomic E-state index is 5.92. The van der Waals surface area contributed by atoms with Crippen LogP contribution in [-0.2, 0) is 19.3 Å². The summed E-state index contributed by atoms with van der Waals surface area (Å²) in [5.74, 6) is 0.914. The number of methoxy groups -OCH3 is 1. The zero-order valence-corrected chi connectivity index (χ0v) is 15.1. The summed E-state index contributed by atoms with van der Waals surface area (Å²) < 4.78 is 7.78. The van der Waals surface area contributed by atoms with Gasteiger partial charge >= 0.3 is 0 Å². The lowest BCUT2D eigenvalue weighted by atomic mass is 10.0. The Kier molecular flexibility index (Phi) is 4.06. The van der Waals surface area contributed by atoms with Crippen LogP contribution >= 0.6 is 11.3 Å². The fraction of sp³-hybridized carbons (Fsp3) is 0.421. The van der Waals surface area contributed by atoms with Crippen molar-refractivity contribution in [2.45, 2.75) is 39.0 Å². The SMILES string of the molecule is COc1ccc(-c2nc3sc4c(n3c2CCN)CCCC4)cc1C. The molecule has 3 aromatic rings. The van der Waals surface area contributed by atoms with E-state index in [0.29, 0.717) is 6.54 Å². The van der Waals surface area contributed by atoms with Crippen LogP contribution in [0.15, 0.2) is 18.2 Å². The van der Waals surface area contributed by atoms with E-state index in [9.17, 15) is 0 Å². The summed E-state index contributed by atoms with van der Waals surface area (Å²) in [6, 6.07) is 6.29. The fourth-order valence-corrected chi connectivity index (χ4v) is 4.95. The minimum absolute atomic E-state index is 0.639. The number of nitrogens with zero attached hydrogens (tertiary/aromatic N) is 2. The van der Waals surface area contributed by atoms with Crippen LogP contribution in [0.4, 0.5) is 0 Å². The molecular weight excluding hydrogens is 318 g/mol. The Morgan fingerprint density at radius 2 is 2.12 bits per heavy atom. The molecule has 5 heteroatoms. The highest BCUT2D eigenvalue weighted by Gasteiger charge is 2.23. The molecular formula is C19H23N3OS. The molecule has 0 amide bonds. The summed E-state index contributed by atoms with van der Waals surface area (Å²) in [5.41, 5.74) is 12.0. The first-order valence-corrected chi connectivity index (χ1v) is 9.41. The van der Waals surface area contributed by atoms with Gasteiger partial charge in [0.1, 0.15) is 5.75 Å². The third kappa shape index (κ3) is 2.43. The van der Waals surface area contributed by atoms with E-state index in [-0.39, 0.29) is 0 Å². The maximum Gasteiger partial charge on any atom is 0.194 e. The number of aromatic nitrogens is 2. The third-order valence-electron chi connectivity index (χ3n) is 4.87. The van der Waals surface area contributed by atoms with Gasteiger partial charge in [0.25, 0.3) is 0 Å². The highest BCUT2D eigenvalue weighted by atomic mass is 32.1. The largest absolute Gasteiger partial charge is 0.496 e. The monoisotopic (exact) mass is 341 g/mol. The Morgan fingerprint density at radius 1 is 1.29 bits per heavy atom. The van der Waals surface area contributed by atoms with Crippen LogP contribution in [0.1, 0.15) is 34.7 Å². The topological polar surface area (TPSA) is 52.5 Å². The van der Waals surface area contributed by atoms with Gasteiger partial charge < -0.3 is 10.5 Å². The average Bonchev–Trinajstić information content (AvgIpc) is 3.12. The number of nitrogens with two attached hydrogens (primary N) is 1. The number of hydrogen-bond donors (Lipinski definition) is 1. The molecule has 0 fully saturated rings. The number of hydrogen-bond acceptors (Lipinski definition) is 4. The van der Waals surface area contributed by atoms with E-state index in [0.717, 1.165) is 40.4 Å². The molecule has 2 N–H and O–H groups in total.